The fraction of sp³-hybridized carbons (Fsp3) is 0.625. The standard InChI is InChI=1S/C16H24N2/c1-12(11-17)14-7-4-8-16-15(14)9-10-18(16)13-5-2-3-6-13/h4,7-8,12-13H,2-3,5-6,9-11,17H2,1H3. The molecule has 0 radical (unpaired) electrons. The molecule has 0 bridgehead atoms. The summed E-state index contributed by atoms with van der Waals surface area (Å²) >= 11 is 0. The van der Waals surface area contributed by atoms with E-state index < -0.39 is 0 Å². The summed E-state index contributed by atoms with van der Waals surface area (Å²) in [6.45, 7) is 4.21. The lowest BCUT2D eigenvalue weighted by atomic mass is 9.94. The smallest absolute Gasteiger partial charge is 0.0404 e. The first-order chi connectivity index (χ1) is 8.81. The van der Waals surface area contributed by atoms with Gasteiger partial charge in [0, 0.05) is 18.3 Å². The lowest BCUT2D eigenvalue weighted by Crippen LogP contribution is -2.31. The van der Waals surface area contributed by atoms with Crippen LogP contribution in [0.1, 0.15) is 49.7 Å². The predicted molar refractivity (Wildman–Crippen MR) is 77.2 cm³/mol. The fourth-order valence-electron chi connectivity index (χ4n) is 3.67. The van der Waals surface area contributed by atoms with Crippen molar-refractivity contribution in [1.82, 2.24) is 0 Å². The molecule has 0 aromatic heterocycles. The lowest BCUT2D eigenvalue weighted by molar-refractivity contribution is 0.625. The van der Waals surface area contributed by atoms with E-state index in [0.717, 1.165) is 12.6 Å². The number of fused-ring (bicyclic) bond motifs is 1. The summed E-state index contributed by atoms with van der Waals surface area (Å²) in [5, 5.41) is 0. The van der Waals surface area contributed by atoms with Crippen LogP contribution >= 0.6 is 0 Å². The molecular formula is C16H24N2. The number of nitrogens with zero attached hydrogens (tertiary/aromatic N) is 1. The topological polar surface area (TPSA) is 29.3 Å². The van der Waals surface area contributed by atoms with Gasteiger partial charge in [-0.2, -0.15) is 0 Å². The highest BCUT2D eigenvalue weighted by Gasteiger charge is 2.29. The fourth-order valence-corrected chi connectivity index (χ4v) is 3.67. The minimum atomic E-state index is 0.489. The quantitative estimate of drug-likeness (QED) is 0.885. The zero-order valence-corrected chi connectivity index (χ0v) is 11.4. The Balaban J connectivity index is 1.92. The molecule has 1 aromatic carbocycles. The van der Waals surface area contributed by atoms with E-state index in [1.165, 1.54) is 49.9 Å². The summed E-state index contributed by atoms with van der Waals surface area (Å²) < 4.78 is 0. The van der Waals surface area contributed by atoms with Gasteiger partial charge in [0.15, 0.2) is 0 Å². The van der Waals surface area contributed by atoms with Gasteiger partial charge in [0.2, 0.25) is 0 Å². The molecule has 1 unspecified atom stereocenters. The molecule has 1 aliphatic carbocycles. The number of benzene rings is 1. The first-order valence-electron chi connectivity index (χ1n) is 7.39. The van der Waals surface area contributed by atoms with E-state index in [0.29, 0.717) is 5.92 Å². The minimum absolute atomic E-state index is 0.489. The lowest BCUT2D eigenvalue weighted by Gasteiger charge is -2.27. The van der Waals surface area contributed by atoms with Crippen molar-refractivity contribution in [3.8, 4) is 0 Å². The summed E-state index contributed by atoms with van der Waals surface area (Å²) in [5.41, 5.74) is 10.4. The number of anilines is 1. The molecule has 2 N–H and O–H groups in total. The molecule has 1 aliphatic heterocycles. The normalized spacial score (nSPS) is 21.3. The second kappa shape index (κ2) is 4.93. The number of hydrogen-bond donors (Lipinski definition) is 1. The summed E-state index contributed by atoms with van der Waals surface area (Å²) in [4.78, 5) is 2.66. The van der Waals surface area contributed by atoms with E-state index in [2.05, 4.69) is 30.0 Å². The minimum Gasteiger partial charge on any atom is -0.368 e. The van der Waals surface area contributed by atoms with E-state index in [-0.39, 0.29) is 0 Å². The highest BCUT2D eigenvalue weighted by molar-refractivity contribution is 5.62. The van der Waals surface area contributed by atoms with Crippen LogP contribution in [0.4, 0.5) is 5.69 Å². The van der Waals surface area contributed by atoms with Crippen molar-refractivity contribution in [2.75, 3.05) is 18.0 Å². The van der Waals surface area contributed by atoms with Crippen LogP contribution in [-0.2, 0) is 6.42 Å². The molecule has 1 aromatic rings. The molecule has 3 rings (SSSR count). The average molecular weight is 244 g/mol. The Morgan fingerprint density at radius 3 is 2.83 bits per heavy atom. The van der Waals surface area contributed by atoms with E-state index in [1.807, 2.05) is 0 Å². The van der Waals surface area contributed by atoms with Crippen molar-refractivity contribution in [2.45, 2.75) is 51.0 Å². The highest BCUT2D eigenvalue weighted by atomic mass is 15.2. The molecule has 1 heterocycles. The van der Waals surface area contributed by atoms with Gasteiger partial charge in [0.25, 0.3) is 0 Å². The zero-order valence-electron chi connectivity index (χ0n) is 11.4. The largest absolute Gasteiger partial charge is 0.368 e. The molecule has 0 amide bonds. The molecule has 18 heavy (non-hydrogen) atoms. The van der Waals surface area contributed by atoms with Crippen molar-refractivity contribution in [1.29, 1.82) is 0 Å². The van der Waals surface area contributed by atoms with Gasteiger partial charge in [-0.05, 0) is 48.9 Å². The van der Waals surface area contributed by atoms with Crippen LogP contribution < -0.4 is 10.6 Å². The third-order valence-corrected chi connectivity index (χ3v) is 4.75. The molecular weight excluding hydrogens is 220 g/mol. The molecule has 1 atom stereocenters. The van der Waals surface area contributed by atoms with Gasteiger partial charge in [0.05, 0.1) is 0 Å². The van der Waals surface area contributed by atoms with E-state index in [1.54, 1.807) is 5.56 Å². The monoisotopic (exact) mass is 244 g/mol. The van der Waals surface area contributed by atoms with Crippen molar-refractivity contribution >= 4 is 5.69 Å². The average Bonchev–Trinajstić information content (AvgIpc) is 3.05. The van der Waals surface area contributed by atoms with E-state index >= 15 is 0 Å². The maximum absolute atomic E-state index is 5.84. The number of nitrogens with two attached hydrogens (primary N) is 1. The zero-order chi connectivity index (χ0) is 12.5. The Bertz CT molecular complexity index is 421. The van der Waals surface area contributed by atoms with Crippen molar-refractivity contribution < 1.29 is 0 Å². The van der Waals surface area contributed by atoms with Crippen LogP contribution in [-0.4, -0.2) is 19.1 Å². The maximum Gasteiger partial charge on any atom is 0.0404 e. The van der Waals surface area contributed by atoms with Gasteiger partial charge in [-0.1, -0.05) is 31.9 Å². The van der Waals surface area contributed by atoms with Crippen LogP contribution in [0.15, 0.2) is 18.2 Å². The first kappa shape index (κ1) is 12.0. The number of hydrogen-bond acceptors (Lipinski definition) is 2. The molecule has 0 saturated heterocycles. The number of rotatable bonds is 3. The van der Waals surface area contributed by atoms with Crippen molar-refractivity contribution in [2.24, 2.45) is 5.73 Å². The first-order valence-corrected chi connectivity index (χ1v) is 7.39. The summed E-state index contributed by atoms with van der Waals surface area (Å²) in [5.74, 6) is 0.489. The van der Waals surface area contributed by atoms with Gasteiger partial charge in [0.1, 0.15) is 0 Å². The highest BCUT2D eigenvalue weighted by Crippen LogP contribution is 2.38. The molecule has 98 valence electrons. The van der Waals surface area contributed by atoms with Gasteiger partial charge in [-0.25, -0.2) is 0 Å². The van der Waals surface area contributed by atoms with Gasteiger partial charge in [-0.3, -0.25) is 0 Å². The molecule has 2 aliphatic rings. The van der Waals surface area contributed by atoms with E-state index in [9.17, 15) is 0 Å². The van der Waals surface area contributed by atoms with Gasteiger partial charge in [-0.15, -0.1) is 0 Å². The Morgan fingerprint density at radius 2 is 2.11 bits per heavy atom. The molecule has 1 fully saturated rings. The Kier molecular flexibility index (Phi) is 3.29. The Morgan fingerprint density at radius 1 is 1.33 bits per heavy atom. The van der Waals surface area contributed by atoms with Gasteiger partial charge < -0.3 is 10.6 Å². The van der Waals surface area contributed by atoms with Crippen molar-refractivity contribution in [3.63, 3.8) is 0 Å². The van der Waals surface area contributed by atoms with Crippen molar-refractivity contribution in [3.05, 3.63) is 29.3 Å². The van der Waals surface area contributed by atoms with Gasteiger partial charge >= 0.3 is 0 Å². The van der Waals surface area contributed by atoms with E-state index in [4.69, 9.17) is 5.73 Å². The summed E-state index contributed by atoms with van der Waals surface area (Å²) in [7, 11) is 0. The molecule has 1 saturated carbocycles. The van der Waals surface area contributed by atoms with Crippen LogP contribution in [0.3, 0.4) is 0 Å². The Hall–Kier alpha value is -1.02. The Labute approximate surface area is 110 Å². The van der Waals surface area contributed by atoms with Crippen LogP contribution in [0.25, 0.3) is 0 Å². The third kappa shape index (κ3) is 1.93. The molecule has 2 nitrogen and oxygen atoms in total. The third-order valence-electron chi connectivity index (χ3n) is 4.75. The van der Waals surface area contributed by atoms with Crippen LogP contribution in [0, 0.1) is 0 Å². The predicted octanol–water partition coefficient (Wildman–Crippen LogP) is 3.05. The summed E-state index contributed by atoms with van der Waals surface area (Å²) in [6.07, 6.45) is 6.81. The molecule has 0 spiro atoms. The SMILES string of the molecule is CC(CN)c1cccc2c1CCN2C1CCCC1. The molecule has 2 heteroatoms. The second-order valence-corrected chi connectivity index (χ2v) is 5.86. The van der Waals surface area contributed by atoms with Crippen LogP contribution in [0.2, 0.25) is 0 Å². The second-order valence-electron chi connectivity index (χ2n) is 5.86. The maximum atomic E-state index is 5.84. The van der Waals surface area contributed by atoms with Crippen LogP contribution in [0.5, 0.6) is 0 Å². The summed E-state index contributed by atoms with van der Waals surface area (Å²) in [6, 6.07) is 7.60.